The predicted octanol–water partition coefficient (Wildman–Crippen LogP) is 1.38. The summed E-state index contributed by atoms with van der Waals surface area (Å²) in [7, 11) is 0. The molecule has 1 aromatic heterocycles. The molecule has 1 fully saturated rings. The molecule has 1 aliphatic heterocycles. The van der Waals surface area contributed by atoms with Gasteiger partial charge < -0.3 is 9.84 Å². The van der Waals surface area contributed by atoms with E-state index in [1.165, 1.54) is 0 Å². The van der Waals surface area contributed by atoms with E-state index in [1.807, 2.05) is 17.1 Å². The smallest absolute Gasteiger partial charge is 0.0606 e. The van der Waals surface area contributed by atoms with Crippen molar-refractivity contribution in [3.05, 3.63) is 18.0 Å². The van der Waals surface area contributed by atoms with Gasteiger partial charge in [0.15, 0.2) is 0 Å². The van der Waals surface area contributed by atoms with Crippen LogP contribution in [0.4, 0.5) is 0 Å². The summed E-state index contributed by atoms with van der Waals surface area (Å²) in [6.45, 7) is 3.78. The quantitative estimate of drug-likeness (QED) is 0.822. The third kappa shape index (κ3) is 3.06. The highest BCUT2D eigenvalue weighted by molar-refractivity contribution is 5.05. The molecule has 0 spiro atoms. The van der Waals surface area contributed by atoms with Crippen LogP contribution in [0.1, 0.15) is 31.7 Å². The highest BCUT2D eigenvalue weighted by atomic mass is 16.5. The standard InChI is InChI=1S/C12H20N2O2/c1-2-14-9-10(8-13-14)6-11(15)7-12-4-3-5-16-12/h8-9,11-12,15H,2-7H2,1H3. The fraction of sp³-hybridized carbons (Fsp3) is 0.750. The lowest BCUT2D eigenvalue weighted by molar-refractivity contribution is 0.0541. The minimum Gasteiger partial charge on any atom is -0.393 e. The van der Waals surface area contributed by atoms with Gasteiger partial charge in [0.1, 0.15) is 0 Å². The second-order valence-corrected chi connectivity index (χ2v) is 4.43. The Kier molecular flexibility index (Phi) is 3.96. The first kappa shape index (κ1) is 11.6. The number of aliphatic hydroxyl groups excluding tert-OH is 1. The molecule has 2 unspecified atom stereocenters. The molecule has 0 bridgehead atoms. The molecule has 2 heterocycles. The van der Waals surface area contributed by atoms with Gasteiger partial charge in [0.2, 0.25) is 0 Å². The lowest BCUT2D eigenvalue weighted by Gasteiger charge is -2.14. The molecule has 90 valence electrons. The van der Waals surface area contributed by atoms with Gasteiger partial charge in [-0.15, -0.1) is 0 Å². The number of aliphatic hydroxyl groups is 1. The zero-order valence-electron chi connectivity index (χ0n) is 9.80. The van der Waals surface area contributed by atoms with Crippen LogP contribution < -0.4 is 0 Å². The van der Waals surface area contributed by atoms with Gasteiger partial charge in [0.05, 0.1) is 18.4 Å². The number of ether oxygens (including phenoxy) is 1. The zero-order chi connectivity index (χ0) is 11.4. The first-order valence-corrected chi connectivity index (χ1v) is 6.09. The maximum absolute atomic E-state index is 9.93. The highest BCUT2D eigenvalue weighted by Gasteiger charge is 2.19. The molecule has 1 N–H and O–H groups in total. The van der Waals surface area contributed by atoms with Gasteiger partial charge >= 0.3 is 0 Å². The molecule has 2 atom stereocenters. The van der Waals surface area contributed by atoms with Gasteiger partial charge in [-0.25, -0.2) is 0 Å². The van der Waals surface area contributed by atoms with Crippen LogP contribution in [0.3, 0.4) is 0 Å². The molecule has 2 rings (SSSR count). The second kappa shape index (κ2) is 5.46. The van der Waals surface area contributed by atoms with Crippen molar-refractivity contribution >= 4 is 0 Å². The van der Waals surface area contributed by atoms with Crippen LogP contribution in [0, 0.1) is 0 Å². The van der Waals surface area contributed by atoms with Crippen LogP contribution in [0.2, 0.25) is 0 Å². The normalized spacial score (nSPS) is 22.5. The molecule has 0 saturated carbocycles. The molecule has 4 heteroatoms. The summed E-state index contributed by atoms with van der Waals surface area (Å²) in [5.41, 5.74) is 1.10. The van der Waals surface area contributed by atoms with Crippen LogP contribution in [-0.4, -0.2) is 33.7 Å². The molecular formula is C12H20N2O2. The molecule has 16 heavy (non-hydrogen) atoms. The minimum absolute atomic E-state index is 0.260. The van der Waals surface area contributed by atoms with Crippen LogP contribution in [-0.2, 0) is 17.7 Å². The number of aromatic nitrogens is 2. The fourth-order valence-corrected chi connectivity index (χ4v) is 2.17. The summed E-state index contributed by atoms with van der Waals surface area (Å²) >= 11 is 0. The summed E-state index contributed by atoms with van der Waals surface area (Å²) in [5, 5.41) is 14.1. The zero-order valence-corrected chi connectivity index (χ0v) is 9.80. The van der Waals surface area contributed by atoms with Crippen molar-refractivity contribution < 1.29 is 9.84 Å². The van der Waals surface area contributed by atoms with Crippen molar-refractivity contribution in [1.29, 1.82) is 0 Å². The molecule has 0 aliphatic carbocycles. The van der Waals surface area contributed by atoms with Gasteiger partial charge in [-0.3, -0.25) is 4.68 Å². The van der Waals surface area contributed by atoms with E-state index in [0.717, 1.165) is 38.0 Å². The third-order valence-corrected chi connectivity index (χ3v) is 3.04. The van der Waals surface area contributed by atoms with E-state index in [9.17, 15) is 5.11 Å². The van der Waals surface area contributed by atoms with Crippen LogP contribution >= 0.6 is 0 Å². The third-order valence-electron chi connectivity index (χ3n) is 3.04. The van der Waals surface area contributed by atoms with Crippen LogP contribution in [0.25, 0.3) is 0 Å². The average Bonchev–Trinajstić information content (AvgIpc) is 2.89. The molecule has 1 aliphatic rings. The summed E-state index contributed by atoms with van der Waals surface area (Å²) < 4.78 is 7.39. The monoisotopic (exact) mass is 224 g/mol. The number of hydrogen-bond donors (Lipinski definition) is 1. The highest BCUT2D eigenvalue weighted by Crippen LogP contribution is 2.18. The van der Waals surface area contributed by atoms with E-state index >= 15 is 0 Å². The van der Waals surface area contributed by atoms with E-state index in [4.69, 9.17) is 4.74 Å². The molecule has 1 saturated heterocycles. The fourth-order valence-electron chi connectivity index (χ4n) is 2.17. The lowest BCUT2D eigenvalue weighted by Crippen LogP contribution is -2.19. The van der Waals surface area contributed by atoms with E-state index in [1.54, 1.807) is 0 Å². The number of rotatable bonds is 5. The molecule has 0 radical (unpaired) electrons. The summed E-state index contributed by atoms with van der Waals surface area (Å²) in [4.78, 5) is 0. The number of hydrogen-bond acceptors (Lipinski definition) is 3. The Morgan fingerprint density at radius 3 is 3.19 bits per heavy atom. The maximum atomic E-state index is 9.93. The molecular weight excluding hydrogens is 204 g/mol. The largest absolute Gasteiger partial charge is 0.393 e. The summed E-state index contributed by atoms with van der Waals surface area (Å²) in [5.74, 6) is 0. The van der Waals surface area contributed by atoms with Gasteiger partial charge in [-0.05, 0) is 31.7 Å². The Morgan fingerprint density at radius 1 is 1.69 bits per heavy atom. The Bertz CT molecular complexity index is 319. The van der Waals surface area contributed by atoms with E-state index < -0.39 is 0 Å². The van der Waals surface area contributed by atoms with Crippen molar-refractivity contribution in [3.8, 4) is 0 Å². The van der Waals surface area contributed by atoms with Crippen molar-refractivity contribution in [2.75, 3.05) is 6.61 Å². The SMILES string of the molecule is CCn1cc(CC(O)CC2CCCO2)cn1. The second-order valence-electron chi connectivity index (χ2n) is 4.43. The van der Waals surface area contributed by atoms with Crippen molar-refractivity contribution in [2.24, 2.45) is 0 Å². The molecule has 1 aromatic rings. The van der Waals surface area contributed by atoms with Crippen molar-refractivity contribution in [1.82, 2.24) is 9.78 Å². The van der Waals surface area contributed by atoms with E-state index in [-0.39, 0.29) is 12.2 Å². The Hall–Kier alpha value is -0.870. The molecule has 0 aromatic carbocycles. The lowest BCUT2D eigenvalue weighted by atomic mass is 10.0. The van der Waals surface area contributed by atoms with Gasteiger partial charge in [0.25, 0.3) is 0 Å². The summed E-state index contributed by atoms with van der Waals surface area (Å²) in [6, 6.07) is 0. The predicted molar refractivity (Wildman–Crippen MR) is 61.2 cm³/mol. The van der Waals surface area contributed by atoms with Crippen LogP contribution in [0.15, 0.2) is 12.4 Å². The molecule has 0 amide bonds. The minimum atomic E-state index is -0.308. The van der Waals surface area contributed by atoms with Gasteiger partial charge in [-0.1, -0.05) is 0 Å². The van der Waals surface area contributed by atoms with Gasteiger partial charge in [-0.2, -0.15) is 5.10 Å². The van der Waals surface area contributed by atoms with Crippen molar-refractivity contribution in [2.45, 2.75) is 51.4 Å². The van der Waals surface area contributed by atoms with Crippen molar-refractivity contribution in [3.63, 3.8) is 0 Å². The number of nitrogens with zero attached hydrogens (tertiary/aromatic N) is 2. The van der Waals surface area contributed by atoms with E-state index in [0.29, 0.717) is 6.42 Å². The molecule has 4 nitrogen and oxygen atoms in total. The summed E-state index contributed by atoms with van der Waals surface area (Å²) in [6.07, 6.45) is 7.43. The Balaban J connectivity index is 1.79. The first-order chi connectivity index (χ1) is 7.78. The Labute approximate surface area is 96.2 Å². The Morgan fingerprint density at radius 2 is 2.56 bits per heavy atom. The number of aryl methyl sites for hydroxylation is 1. The van der Waals surface area contributed by atoms with Gasteiger partial charge in [0, 0.05) is 25.8 Å². The van der Waals surface area contributed by atoms with E-state index in [2.05, 4.69) is 12.0 Å². The topological polar surface area (TPSA) is 47.3 Å². The first-order valence-electron chi connectivity index (χ1n) is 6.09. The average molecular weight is 224 g/mol. The maximum Gasteiger partial charge on any atom is 0.0606 e. The van der Waals surface area contributed by atoms with Crippen LogP contribution in [0.5, 0.6) is 0 Å².